The molecule has 0 saturated carbocycles. The molecule has 2 N–H and O–H groups in total. The molecule has 2 saturated heterocycles. The van der Waals surface area contributed by atoms with Crippen molar-refractivity contribution >= 4 is 18.4 Å². The van der Waals surface area contributed by atoms with Crippen molar-refractivity contribution < 1.29 is 29.2 Å². The fourth-order valence-corrected chi connectivity index (χ4v) is 21.6. The van der Waals surface area contributed by atoms with E-state index < -0.39 is 30.6 Å². The molecule has 2 fully saturated rings. The van der Waals surface area contributed by atoms with E-state index in [9.17, 15) is 10.2 Å². The molecule has 7 heteroatoms. The van der Waals surface area contributed by atoms with E-state index in [0.717, 1.165) is 12.8 Å². The summed E-state index contributed by atoms with van der Waals surface area (Å²) in [6, 6.07) is 0. The second-order valence-electron chi connectivity index (χ2n) is 14.0. The zero-order chi connectivity index (χ0) is 34.2. The van der Waals surface area contributed by atoms with Gasteiger partial charge in [-0.15, -0.1) is 12.3 Å². The Hall–Kier alpha value is -0.141. The molecule has 2 aliphatic rings. The van der Waals surface area contributed by atoms with E-state index in [0.29, 0.717) is 11.8 Å². The predicted molar refractivity (Wildman–Crippen MR) is 191 cm³/mol. The van der Waals surface area contributed by atoms with Crippen molar-refractivity contribution in [1.29, 1.82) is 0 Å². The standard InChI is InChI=1S/C13H23O3.C13H22O3.3C4H9.Sn/c2*1-6-8(3)11(14)13-12(16-13)9(4)10(7-2)15-5;3*1-3-4-2;/h1,6,8-14H,7H2,2-5H3;1,8-14H,7H2,2-5H3;3*1,3-4H2,2H3;/t2*8-,9-,10+,11-,12-,13-;;;;/m11..../s1. The molecule has 0 aromatic rings. The average molecular weight is 744 g/mol. The number of hydrogen-bond acceptors (Lipinski definition) is 6. The molecule has 0 unspecified atom stereocenters. The fourth-order valence-electron chi connectivity index (χ4n) is 6.96. The van der Waals surface area contributed by atoms with E-state index in [1.807, 2.05) is 6.92 Å². The predicted octanol–water partition coefficient (Wildman–Crippen LogP) is 8.20. The first kappa shape index (κ1) is 42.9. The minimum absolute atomic E-state index is 0.0274. The monoisotopic (exact) mass is 744 g/mol. The van der Waals surface area contributed by atoms with Crippen LogP contribution >= 0.6 is 0 Å². The van der Waals surface area contributed by atoms with Crippen molar-refractivity contribution in [2.45, 2.75) is 176 Å². The molecule has 2 rings (SSSR count). The van der Waals surface area contributed by atoms with Gasteiger partial charge in [-0.1, -0.05) is 13.8 Å². The molecular formula is C38H72O6Sn. The number of rotatable bonds is 23. The first-order chi connectivity index (χ1) is 21.5. The van der Waals surface area contributed by atoms with Crippen molar-refractivity contribution in [3.8, 4) is 12.3 Å². The van der Waals surface area contributed by atoms with Crippen LogP contribution in [0.4, 0.5) is 0 Å². The van der Waals surface area contributed by atoms with Gasteiger partial charge in [0.25, 0.3) is 0 Å². The van der Waals surface area contributed by atoms with Gasteiger partial charge >= 0.3 is 186 Å². The molecule has 12 atom stereocenters. The summed E-state index contributed by atoms with van der Waals surface area (Å²) in [6.07, 6.45) is 17.2. The summed E-state index contributed by atoms with van der Waals surface area (Å²) in [5, 5.41) is 20.8. The first-order valence-corrected chi connectivity index (χ1v) is 26.0. The van der Waals surface area contributed by atoms with Gasteiger partial charge < -0.3 is 14.6 Å². The molecule has 0 radical (unpaired) electrons. The Morgan fingerprint density at radius 3 is 1.44 bits per heavy atom. The van der Waals surface area contributed by atoms with Gasteiger partial charge in [0.15, 0.2) is 0 Å². The number of epoxide rings is 2. The van der Waals surface area contributed by atoms with E-state index in [1.54, 1.807) is 14.2 Å². The summed E-state index contributed by atoms with van der Waals surface area (Å²) >= 11 is -2.27. The van der Waals surface area contributed by atoms with Crippen molar-refractivity contribution in [1.82, 2.24) is 0 Å². The van der Waals surface area contributed by atoms with Gasteiger partial charge in [0.2, 0.25) is 0 Å². The molecule has 264 valence electrons. The van der Waals surface area contributed by atoms with Crippen LogP contribution in [0.15, 0.2) is 10.2 Å². The zero-order valence-corrected chi connectivity index (χ0v) is 33.8. The molecule has 6 nitrogen and oxygen atoms in total. The van der Waals surface area contributed by atoms with Gasteiger partial charge in [-0.2, -0.15) is 0 Å². The Morgan fingerprint density at radius 2 is 1.11 bits per heavy atom. The summed E-state index contributed by atoms with van der Waals surface area (Å²) < 4.78 is 29.5. The molecule has 0 aromatic carbocycles. The van der Waals surface area contributed by atoms with E-state index >= 15 is 0 Å². The summed E-state index contributed by atoms with van der Waals surface area (Å²) in [7, 11) is 3.49. The third kappa shape index (κ3) is 13.7. The Kier molecular flexibility index (Phi) is 21.4. The number of hydrogen-bond donors (Lipinski definition) is 2. The topological polar surface area (TPSA) is 84.0 Å². The number of terminal acetylenes is 1. The summed E-state index contributed by atoms with van der Waals surface area (Å²) in [5.74, 6) is 3.17. The number of aliphatic hydroxyl groups excluding tert-OH is 2. The Morgan fingerprint density at radius 1 is 0.711 bits per heavy atom. The third-order valence-electron chi connectivity index (χ3n) is 10.6. The van der Waals surface area contributed by atoms with E-state index in [4.69, 9.17) is 25.4 Å². The molecule has 0 aliphatic carbocycles. The van der Waals surface area contributed by atoms with Crippen LogP contribution in [-0.2, 0) is 18.9 Å². The Balaban J connectivity index is 0.000000532. The van der Waals surface area contributed by atoms with Crippen LogP contribution in [-0.4, -0.2) is 91.6 Å². The Labute approximate surface area is 282 Å². The average Bonchev–Trinajstić information content (AvgIpc) is 3.99. The maximum atomic E-state index is 10.9. The summed E-state index contributed by atoms with van der Waals surface area (Å²) in [6.45, 7) is 19.5. The SMILES string of the molecule is C#C[C@@H](C)[C@@H](O)[C@H]1O[C@@H]1[C@H](C)[C@H](CC)OC.CCC[CH2][Sn](/[CH]=C/[C@@H](C)[C@@H](O)[C@H]1O[C@@H]1[C@H](C)[C@H](CC)OC)([CH2]CCC)[CH2]CCC. The number of ether oxygens (including phenoxy) is 4. The molecule has 0 aromatic heterocycles. The molecule has 2 aliphatic heterocycles. The van der Waals surface area contributed by atoms with Gasteiger partial charge in [-0.25, -0.2) is 0 Å². The van der Waals surface area contributed by atoms with Crippen molar-refractivity contribution in [3.63, 3.8) is 0 Å². The molecule has 0 amide bonds. The van der Waals surface area contributed by atoms with Gasteiger partial charge in [0, 0.05) is 18.9 Å². The fraction of sp³-hybridized carbons (Fsp3) is 0.895. The number of unbranched alkanes of at least 4 members (excludes halogenated alkanes) is 3. The van der Waals surface area contributed by atoms with Gasteiger partial charge in [0.1, 0.15) is 6.10 Å². The van der Waals surface area contributed by atoms with Crippen molar-refractivity contribution in [3.05, 3.63) is 10.2 Å². The zero-order valence-electron chi connectivity index (χ0n) is 31.0. The second-order valence-corrected chi connectivity index (χ2v) is 27.1. The number of methoxy groups -OCH3 is 2. The van der Waals surface area contributed by atoms with Crippen LogP contribution in [0.3, 0.4) is 0 Å². The van der Waals surface area contributed by atoms with Gasteiger partial charge in [-0.3, -0.25) is 0 Å². The van der Waals surface area contributed by atoms with Crippen LogP contribution in [0.1, 0.15) is 114 Å². The molecule has 0 bridgehead atoms. The Bertz CT molecular complexity index is 815. The normalized spacial score (nSPS) is 26.5. The van der Waals surface area contributed by atoms with Crippen LogP contribution < -0.4 is 0 Å². The van der Waals surface area contributed by atoms with Crippen molar-refractivity contribution in [2.24, 2.45) is 23.7 Å². The van der Waals surface area contributed by atoms with E-state index in [-0.39, 0.29) is 48.5 Å². The van der Waals surface area contributed by atoms with Crippen LogP contribution in [0.2, 0.25) is 13.3 Å². The molecule has 0 spiro atoms. The molecular weight excluding hydrogens is 671 g/mol. The van der Waals surface area contributed by atoms with Crippen LogP contribution in [0.5, 0.6) is 0 Å². The minimum atomic E-state index is -2.27. The van der Waals surface area contributed by atoms with Gasteiger partial charge in [0.05, 0.1) is 18.3 Å². The third-order valence-corrected chi connectivity index (χ3v) is 24.7. The van der Waals surface area contributed by atoms with E-state index in [2.05, 4.69) is 71.5 Å². The van der Waals surface area contributed by atoms with Crippen LogP contribution in [0, 0.1) is 36.0 Å². The second kappa shape index (κ2) is 22.5. The molecule has 2 heterocycles. The van der Waals surface area contributed by atoms with Crippen LogP contribution in [0.25, 0.3) is 0 Å². The van der Waals surface area contributed by atoms with Gasteiger partial charge in [-0.05, 0) is 13.3 Å². The summed E-state index contributed by atoms with van der Waals surface area (Å²) in [5.41, 5.74) is 0. The molecule has 45 heavy (non-hydrogen) atoms. The quantitative estimate of drug-likeness (QED) is 0.0624. The maximum absolute atomic E-state index is 10.9. The van der Waals surface area contributed by atoms with Crippen molar-refractivity contribution in [2.75, 3.05) is 14.2 Å². The first-order valence-electron chi connectivity index (χ1n) is 18.3. The summed E-state index contributed by atoms with van der Waals surface area (Å²) in [4.78, 5) is 0. The number of aliphatic hydroxyl groups is 2. The van der Waals surface area contributed by atoms with E-state index in [1.165, 1.54) is 51.8 Å².